The van der Waals surface area contributed by atoms with Gasteiger partial charge in [0.1, 0.15) is 28.5 Å². The van der Waals surface area contributed by atoms with Crippen molar-refractivity contribution in [2.45, 2.75) is 47.6 Å². The quantitative estimate of drug-likeness (QED) is 0.223. The summed E-state index contributed by atoms with van der Waals surface area (Å²) in [5, 5.41) is 2.47. The van der Waals surface area contributed by atoms with Crippen LogP contribution >= 0.6 is 0 Å². The summed E-state index contributed by atoms with van der Waals surface area (Å²) in [5.41, 5.74) is 4.12. The number of nitrogens with one attached hydrogen (secondary N) is 1. The number of amides is 2. The highest BCUT2D eigenvalue weighted by Crippen LogP contribution is 2.30. The zero-order chi connectivity index (χ0) is 39.9. The summed E-state index contributed by atoms with van der Waals surface area (Å²) in [6.45, 7) is 15.1. The SMILES string of the molecule is CC.CC.COCCN1CCN(C(=O)C#Cc2c(Oc3ccc(NC(=O)c4cn(C(C)C)c(=O)n(-c5ccc(F)cc5)c4=O)cc3F)ccnc2N)CC1. The van der Waals surface area contributed by atoms with Crippen molar-refractivity contribution in [2.75, 3.05) is 57.5 Å². The van der Waals surface area contributed by atoms with Crippen molar-refractivity contribution in [2.24, 2.45) is 0 Å². The fourth-order valence-electron chi connectivity index (χ4n) is 5.15. The van der Waals surface area contributed by atoms with Crippen molar-refractivity contribution in [3.8, 4) is 29.0 Å². The van der Waals surface area contributed by atoms with Gasteiger partial charge >= 0.3 is 5.69 Å². The number of hydrogen-bond donors (Lipinski definition) is 2. The van der Waals surface area contributed by atoms with E-state index in [2.05, 4.69) is 27.0 Å². The summed E-state index contributed by atoms with van der Waals surface area (Å²) < 4.78 is 41.7. The number of rotatable bonds is 9. The Morgan fingerprint density at radius 3 is 2.24 bits per heavy atom. The van der Waals surface area contributed by atoms with E-state index in [1.807, 2.05) is 27.7 Å². The third-order valence-corrected chi connectivity index (χ3v) is 7.92. The standard InChI is InChI=1S/C35H35F2N7O6.2C2H6/c1-22(2)43-21-27(34(47)44(35(43)48)25-7-4-23(36)5-8-25)33(46)40-24-6-10-30(28(37)20-24)50-29-12-13-39-32(38)26(29)9-11-31(45)42-16-14-41(15-17-42)18-19-49-3;2*1-2/h4-8,10,12-13,20-22H,14-19H2,1-3H3,(H2,38,39)(H,40,46);2*1-2H3. The summed E-state index contributed by atoms with van der Waals surface area (Å²) in [6.07, 6.45) is 2.47. The minimum atomic E-state index is -0.942. The van der Waals surface area contributed by atoms with Crippen molar-refractivity contribution in [3.05, 3.63) is 105 Å². The Labute approximate surface area is 313 Å². The smallest absolute Gasteiger partial charge is 0.335 e. The molecule has 13 nitrogen and oxygen atoms in total. The van der Waals surface area contributed by atoms with Gasteiger partial charge in [0, 0.05) is 82.0 Å². The van der Waals surface area contributed by atoms with Crippen LogP contribution in [-0.4, -0.2) is 82.2 Å². The summed E-state index contributed by atoms with van der Waals surface area (Å²) in [5.74, 6) is 2.32. The van der Waals surface area contributed by atoms with E-state index in [0.29, 0.717) is 32.8 Å². The Kier molecular flexibility index (Phi) is 16.1. The molecule has 54 heavy (non-hydrogen) atoms. The summed E-state index contributed by atoms with van der Waals surface area (Å²) in [7, 11) is 1.64. The van der Waals surface area contributed by atoms with Gasteiger partial charge in [-0.1, -0.05) is 27.7 Å². The van der Waals surface area contributed by atoms with E-state index in [-0.39, 0.29) is 34.3 Å². The van der Waals surface area contributed by atoms with Gasteiger partial charge in [-0.25, -0.2) is 23.1 Å². The van der Waals surface area contributed by atoms with Crippen LogP contribution in [0, 0.1) is 23.5 Å². The molecule has 3 heterocycles. The van der Waals surface area contributed by atoms with Crippen LogP contribution in [0.3, 0.4) is 0 Å². The number of nitrogens with two attached hydrogens (primary N) is 1. The van der Waals surface area contributed by atoms with Crippen LogP contribution in [0.25, 0.3) is 5.69 Å². The molecule has 1 fully saturated rings. The van der Waals surface area contributed by atoms with Crippen LogP contribution in [-0.2, 0) is 9.53 Å². The number of aromatic nitrogens is 3. The molecule has 0 bridgehead atoms. The van der Waals surface area contributed by atoms with E-state index in [1.54, 1.807) is 25.9 Å². The van der Waals surface area contributed by atoms with Gasteiger partial charge in [0.15, 0.2) is 11.6 Å². The zero-order valence-electron chi connectivity index (χ0n) is 31.6. The van der Waals surface area contributed by atoms with E-state index in [9.17, 15) is 23.6 Å². The molecule has 288 valence electrons. The minimum absolute atomic E-state index is 0.0166. The average Bonchev–Trinajstić information content (AvgIpc) is 3.17. The number of nitrogens with zero attached hydrogens (tertiary/aromatic N) is 5. The molecule has 4 aromatic rings. The molecule has 2 aromatic carbocycles. The van der Waals surface area contributed by atoms with Crippen LogP contribution in [0.1, 0.15) is 63.5 Å². The molecule has 1 saturated heterocycles. The van der Waals surface area contributed by atoms with Crippen LogP contribution < -0.4 is 27.0 Å². The lowest BCUT2D eigenvalue weighted by molar-refractivity contribution is -0.126. The molecule has 5 rings (SSSR count). The zero-order valence-corrected chi connectivity index (χ0v) is 31.6. The van der Waals surface area contributed by atoms with E-state index < -0.39 is 46.3 Å². The lowest BCUT2D eigenvalue weighted by Crippen LogP contribution is -2.49. The molecule has 1 aliphatic heterocycles. The number of nitrogen functional groups attached to an aromatic ring is 1. The first-order chi connectivity index (χ1) is 26.0. The Balaban J connectivity index is 0.00000190. The normalized spacial score (nSPS) is 12.4. The molecule has 0 unspecified atom stereocenters. The number of pyridine rings is 1. The van der Waals surface area contributed by atoms with Gasteiger partial charge < -0.3 is 25.4 Å². The maximum atomic E-state index is 15.3. The van der Waals surface area contributed by atoms with E-state index >= 15 is 4.39 Å². The van der Waals surface area contributed by atoms with Crippen LogP contribution in [0.5, 0.6) is 11.5 Å². The highest BCUT2D eigenvalue weighted by atomic mass is 19.1. The number of benzene rings is 2. The number of piperazine rings is 1. The van der Waals surface area contributed by atoms with Crippen molar-refractivity contribution < 1.29 is 27.8 Å². The lowest BCUT2D eigenvalue weighted by Gasteiger charge is -2.33. The second kappa shape index (κ2) is 20.4. The lowest BCUT2D eigenvalue weighted by atomic mass is 10.2. The molecular formula is C39H47F2N7O6. The first kappa shape index (κ1) is 42.6. The van der Waals surface area contributed by atoms with Crippen molar-refractivity contribution in [1.29, 1.82) is 0 Å². The molecule has 2 aromatic heterocycles. The maximum Gasteiger partial charge on any atom is 0.335 e. The number of methoxy groups -OCH3 is 1. The molecule has 2 amide bonds. The number of ether oxygens (including phenoxy) is 2. The highest BCUT2D eigenvalue weighted by Gasteiger charge is 2.22. The minimum Gasteiger partial charge on any atom is -0.453 e. The van der Waals surface area contributed by atoms with Gasteiger partial charge in [0.2, 0.25) is 0 Å². The predicted molar refractivity (Wildman–Crippen MR) is 204 cm³/mol. The monoisotopic (exact) mass is 747 g/mol. The summed E-state index contributed by atoms with van der Waals surface area (Å²) in [6, 6.07) is 9.23. The second-order valence-corrected chi connectivity index (χ2v) is 11.6. The van der Waals surface area contributed by atoms with E-state index in [4.69, 9.17) is 15.2 Å². The number of carbonyl (C=O) groups is 2. The molecule has 3 N–H and O–H groups in total. The number of anilines is 2. The Bertz CT molecular complexity index is 2080. The van der Waals surface area contributed by atoms with Gasteiger partial charge in [-0.05, 0) is 56.2 Å². The fraction of sp³-hybridized carbons (Fsp3) is 0.359. The van der Waals surface area contributed by atoms with Gasteiger partial charge in [-0.15, -0.1) is 0 Å². The molecule has 15 heteroatoms. The van der Waals surface area contributed by atoms with Crippen LogP contribution in [0.15, 0.2) is 70.5 Å². The van der Waals surface area contributed by atoms with Gasteiger partial charge in [-0.2, -0.15) is 0 Å². The third-order valence-electron chi connectivity index (χ3n) is 7.92. The van der Waals surface area contributed by atoms with Crippen LogP contribution in [0.2, 0.25) is 0 Å². The van der Waals surface area contributed by atoms with Gasteiger partial charge in [0.05, 0.1) is 12.3 Å². The third kappa shape index (κ3) is 10.6. The molecular weight excluding hydrogens is 700 g/mol. The number of hydrogen-bond acceptors (Lipinski definition) is 9. The molecule has 0 aliphatic carbocycles. The van der Waals surface area contributed by atoms with Gasteiger partial charge in [-0.3, -0.25) is 23.9 Å². The Morgan fingerprint density at radius 2 is 1.63 bits per heavy atom. The van der Waals surface area contributed by atoms with Crippen molar-refractivity contribution >= 4 is 23.3 Å². The second-order valence-electron chi connectivity index (χ2n) is 11.6. The summed E-state index contributed by atoms with van der Waals surface area (Å²) >= 11 is 0. The Hall–Kier alpha value is -5.85. The maximum absolute atomic E-state index is 15.3. The van der Waals surface area contributed by atoms with Gasteiger partial charge in [0.25, 0.3) is 17.4 Å². The predicted octanol–water partition coefficient (Wildman–Crippen LogP) is 5.07. The molecule has 1 aliphatic rings. The van der Waals surface area contributed by atoms with Crippen LogP contribution in [0.4, 0.5) is 20.3 Å². The van der Waals surface area contributed by atoms with E-state index in [1.165, 1.54) is 41.1 Å². The van der Waals surface area contributed by atoms with Crippen molar-refractivity contribution in [1.82, 2.24) is 23.9 Å². The van der Waals surface area contributed by atoms with E-state index in [0.717, 1.165) is 35.5 Å². The highest BCUT2D eigenvalue weighted by molar-refractivity contribution is 6.04. The molecule has 0 radical (unpaired) electrons. The molecule has 0 saturated carbocycles. The molecule has 0 spiro atoms. The topological polar surface area (TPSA) is 154 Å². The largest absolute Gasteiger partial charge is 0.453 e. The fourth-order valence-corrected chi connectivity index (χ4v) is 5.15. The number of carbonyl (C=O) groups excluding carboxylic acids is 2. The number of halogens is 2. The molecule has 0 atom stereocenters. The average molecular weight is 748 g/mol. The first-order valence-corrected chi connectivity index (χ1v) is 17.7. The first-order valence-electron chi connectivity index (χ1n) is 17.7. The Morgan fingerprint density at radius 1 is 0.963 bits per heavy atom. The van der Waals surface area contributed by atoms with Crippen molar-refractivity contribution in [3.63, 3.8) is 0 Å². The summed E-state index contributed by atoms with van der Waals surface area (Å²) in [4.78, 5) is 60.4.